The summed E-state index contributed by atoms with van der Waals surface area (Å²) in [6, 6.07) is 16.7. The number of piperidine rings is 1. The van der Waals surface area contributed by atoms with E-state index in [-0.39, 0.29) is 24.1 Å². The number of benzene rings is 2. The van der Waals surface area contributed by atoms with Crippen molar-refractivity contribution in [1.82, 2.24) is 15.5 Å². The summed E-state index contributed by atoms with van der Waals surface area (Å²) in [7, 11) is 0. The van der Waals surface area contributed by atoms with Gasteiger partial charge in [-0.25, -0.2) is 0 Å². The number of hydrogen-bond acceptors (Lipinski definition) is 5. The van der Waals surface area contributed by atoms with E-state index >= 15 is 0 Å². The van der Waals surface area contributed by atoms with Gasteiger partial charge in [-0.1, -0.05) is 30.3 Å². The third-order valence-corrected chi connectivity index (χ3v) is 7.00. The predicted octanol–water partition coefficient (Wildman–Crippen LogP) is 2.96. The second-order valence-corrected chi connectivity index (χ2v) is 9.34. The Morgan fingerprint density at radius 1 is 0.970 bits per heavy atom. The smallest absolute Gasteiger partial charge is 0.255 e. The first-order chi connectivity index (χ1) is 16.1. The van der Waals surface area contributed by atoms with Crippen molar-refractivity contribution in [3.63, 3.8) is 0 Å². The molecule has 33 heavy (non-hydrogen) atoms. The lowest BCUT2D eigenvalue weighted by molar-refractivity contribution is -0.136. The Morgan fingerprint density at radius 2 is 1.79 bits per heavy atom. The molecule has 1 saturated heterocycles. The number of fused-ring (bicyclic) bond motifs is 1. The van der Waals surface area contributed by atoms with Gasteiger partial charge in [0.1, 0.15) is 6.04 Å². The van der Waals surface area contributed by atoms with Gasteiger partial charge in [-0.2, -0.15) is 0 Å². The number of imide groups is 1. The van der Waals surface area contributed by atoms with Gasteiger partial charge < -0.3 is 15.5 Å². The van der Waals surface area contributed by atoms with E-state index in [9.17, 15) is 14.4 Å². The quantitative estimate of drug-likeness (QED) is 0.594. The number of carbonyl (C=O) groups is 3. The first kappa shape index (κ1) is 21.6. The van der Waals surface area contributed by atoms with Crippen molar-refractivity contribution in [2.75, 3.05) is 5.32 Å². The lowest BCUT2D eigenvalue weighted by Gasteiger charge is -2.31. The number of nitrogens with one attached hydrogen (secondary N) is 3. The fourth-order valence-corrected chi connectivity index (χ4v) is 5.28. The van der Waals surface area contributed by atoms with Crippen LogP contribution in [-0.4, -0.2) is 40.7 Å². The van der Waals surface area contributed by atoms with Gasteiger partial charge in [-0.15, -0.1) is 0 Å². The Kier molecular flexibility index (Phi) is 6.13. The summed E-state index contributed by atoms with van der Waals surface area (Å²) in [6.45, 7) is 1.17. The molecule has 2 fully saturated rings. The minimum atomic E-state index is -0.569. The Labute approximate surface area is 193 Å². The number of carbonyl (C=O) groups excluding carboxylic acids is 3. The van der Waals surface area contributed by atoms with Crippen molar-refractivity contribution in [1.29, 1.82) is 0 Å². The fourth-order valence-electron chi connectivity index (χ4n) is 5.28. The van der Waals surface area contributed by atoms with Crippen LogP contribution in [0.3, 0.4) is 0 Å². The molecule has 7 nitrogen and oxygen atoms in total. The van der Waals surface area contributed by atoms with Crippen molar-refractivity contribution in [3.05, 3.63) is 65.2 Å². The van der Waals surface area contributed by atoms with E-state index in [2.05, 4.69) is 46.3 Å². The molecule has 1 saturated carbocycles. The summed E-state index contributed by atoms with van der Waals surface area (Å²) in [5, 5.41) is 9.71. The third kappa shape index (κ3) is 4.78. The second kappa shape index (κ2) is 9.35. The number of amides is 3. The third-order valence-electron chi connectivity index (χ3n) is 7.00. The molecule has 5 rings (SSSR count). The van der Waals surface area contributed by atoms with Gasteiger partial charge in [0.2, 0.25) is 11.8 Å². The van der Waals surface area contributed by atoms with E-state index in [4.69, 9.17) is 0 Å². The Balaban J connectivity index is 1.18. The van der Waals surface area contributed by atoms with Crippen molar-refractivity contribution >= 4 is 23.4 Å². The van der Waals surface area contributed by atoms with Crippen molar-refractivity contribution < 1.29 is 14.4 Å². The maximum Gasteiger partial charge on any atom is 0.255 e. The summed E-state index contributed by atoms with van der Waals surface area (Å²) in [4.78, 5) is 38.1. The Hall–Kier alpha value is -3.19. The molecule has 2 heterocycles. The summed E-state index contributed by atoms with van der Waals surface area (Å²) in [5.41, 5.74) is 3.93. The molecule has 2 aromatic carbocycles. The first-order valence-corrected chi connectivity index (χ1v) is 11.9. The minimum Gasteiger partial charge on any atom is -0.382 e. The van der Waals surface area contributed by atoms with Gasteiger partial charge in [0.15, 0.2) is 0 Å². The van der Waals surface area contributed by atoms with E-state index in [0.29, 0.717) is 30.6 Å². The fraction of sp³-hybridized carbons (Fsp3) is 0.423. The van der Waals surface area contributed by atoms with E-state index in [1.54, 1.807) is 4.90 Å². The molecule has 1 aliphatic carbocycles. The number of para-hydroxylation sites is 1. The molecule has 3 aliphatic rings. The average molecular weight is 447 g/mol. The zero-order chi connectivity index (χ0) is 22.8. The molecule has 2 aliphatic heterocycles. The molecule has 3 atom stereocenters. The van der Waals surface area contributed by atoms with Crippen LogP contribution >= 0.6 is 0 Å². The Bertz CT molecular complexity index is 1050. The topological polar surface area (TPSA) is 90.5 Å². The predicted molar refractivity (Wildman–Crippen MR) is 125 cm³/mol. The molecule has 0 radical (unpaired) electrons. The molecular weight excluding hydrogens is 416 g/mol. The van der Waals surface area contributed by atoms with Crippen LogP contribution in [0.5, 0.6) is 0 Å². The zero-order valence-corrected chi connectivity index (χ0v) is 18.7. The Morgan fingerprint density at radius 3 is 2.61 bits per heavy atom. The van der Waals surface area contributed by atoms with Gasteiger partial charge >= 0.3 is 0 Å². The normalized spacial score (nSPS) is 25.0. The van der Waals surface area contributed by atoms with E-state index in [1.807, 2.05) is 18.2 Å². The highest BCUT2D eigenvalue weighted by atomic mass is 16.2. The van der Waals surface area contributed by atoms with E-state index < -0.39 is 6.04 Å². The van der Waals surface area contributed by atoms with Gasteiger partial charge in [-0.05, 0) is 61.4 Å². The van der Waals surface area contributed by atoms with Gasteiger partial charge in [-0.3, -0.25) is 19.7 Å². The molecule has 2 unspecified atom stereocenters. The lowest BCUT2D eigenvalue weighted by atomic mass is 9.90. The largest absolute Gasteiger partial charge is 0.382 e. The van der Waals surface area contributed by atoms with Crippen molar-refractivity contribution in [2.45, 2.75) is 69.7 Å². The molecular formula is C26H30N4O3. The molecule has 0 aromatic heterocycles. The number of anilines is 1. The van der Waals surface area contributed by atoms with E-state index in [0.717, 1.165) is 24.1 Å². The maximum atomic E-state index is 12.9. The van der Waals surface area contributed by atoms with Gasteiger partial charge in [0.25, 0.3) is 5.91 Å². The van der Waals surface area contributed by atoms with Crippen LogP contribution in [-0.2, 0) is 22.7 Å². The van der Waals surface area contributed by atoms with Crippen LogP contribution in [0.1, 0.15) is 60.0 Å². The highest BCUT2D eigenvalue weighted by Crippen LogP contribution is 2.28. The first-order valence-electron chi connectivity index (χ1n) is 11.9. The van der Waals surface area contributed by atoms with Crippen LogP contribution < -0.4 is 16.0 Å². The highest BCUT2D eigenvalue weighted by molar-refractivity contribution is 6.05. The SMILES string of the molecule is O=C1CCC(N2Cc3cc(CN[C@H]4CCCC(Nc5ccccc5)C4)ccc3C2=O)C(=O)N1. The monoisotopic (exact) mass is 446 g/mol. The van der Waals surface area contributed by atoms with Crippen molar-refractivity contribution in [3.8, 4) is 0 Å². The van der Waals surface area contributed by atoms with Gasteiger partial charge in [0, 0.05) is 42.8 Å². The molecule has 0 spiro atoms. The lowest BCUT2D eigenvalue weighted by Crippen LogP contribution is -2.52. The number of nitrogens with zero attached hydrogens (tertiary/aromatic N) is 1. The summed E-state index contributed by atoms with van der Waals surface area (Å²) < 4.78 is 0. The van der Waals surface area contributed by atoms with Crippen LogP contribution in [0.2, 0.25) is 0 Å². The number of rotatable bonds is 6. The standard InChI is InChI=1S/C26H30N4O3/c31-24-12-11-23(25(32)29-24)30-16-18-13-17(9-10-22(18)26(30)33)15-27-20-7-4-8-21(14-20)28-19-5-2-1-3-6-19/h1-3,5-6,9-10,13,20-21,23,27-28H,4,7-8,11-12,14-16H2,(H,29,31,32)/t20-,21?,23?/m0/s1. The molecule has 3 amide bonds. The zero-order valence-electron chi connectivity index (χ0n) is 18.7. The van der Waals surface area contributed by atoms with Gasteiger partial charge in [0.05, 0.1) is 0 Å². The van der Waals surface area contributed by atoms with E-state index in [1.165, 1.54) is 24.9 Å². The molecule has 2 aromatic rings. The summed E-state index contributed by atoms with van der Waals surface area (Å²) in [5.74, 6) is -0.760. The summed E-state index contributed by atoms with van der Waals surface area (Å²) in [6.07, 6.45) is 5.29. The highest BCUT2D eigenvalue weighted by Gasteiger charge is 2.39. The van der Waals surface area contributed by atoms with Crippen molar-refractivity contribution in [2.24, 2.45) is 0 Å². The number of hydrogen-bond donors (Lipinski definition) is 3. The minimum absolute atomic E-state index is 0.124. The second-order valence-electron chi connectivity index (χ2n) is 9.34. The molecule has 7 heteroatoms. The van der Waals surface area contributed by atoms with Crippen LogP contribution in [0.15, 0.2) is 48.5 Å². The molecule has 0 bridgehead atoms. The van der Waals surface area contributed by atoms with Crippen LogP contribution in [0.25, 0.3) is 0 Å². The average Bonchev–Trinajstić information content (AvgIpc) is 3.14. The van der Waals surface area contributed by atoms with Crippen LogP contribution in [0, 0.1) is 0 Å². The van der Waals surface area contributed by atoms with Crippen LogP contribution in [0.4, 0.5) is 5.69 Å². The summed E-state index contributed by atoms with van der Waals surface area (Å²) >= 11 is 0. The molecule has 172 valence electrons. The molecule has 3 N–H and O–H groups in total. The maximum absolute atomic E-state index is 12.9.